The molecule has 1 aromatic heterocycles. The molecule has 3 aromatic rings. The van der Waals surface area contributed by atoms with E-state index in [1.54, 1.807) is 0 Å². The lowest BCUT2D eigenvalue weighted by molar-refractivity contribution is -0.122. The number of nitrogens with zero attached hydrogens (tertiary/aromatic N) is 3. The first kappa shape index (κ1) is 22.6. The molecule has 6 nitrogen and oxygen atoms in total. The lowest BCUT2D eigenvalue weighted by Gasteiger charge is -2.50. The standard InChI is InChI=1S/C29H36N4O2/c1-3-26(31-29(34)13-20-11-12-20)21-7-6-8-22(14-21)33-24-15-23(16-25(33)18-35-17-24)32-19(2)30-27-9-4-5-10-28(27)32/h4-10,14,20,23-26H,3,11-13,15-18H2,1-2H3,(H,31,34)/t23-,24-,25+,26-/m0/s1. The zero-order valence-electron chi connectivity index (χ0n) is 20.8. The van der Waals surface area contributed by atoms with Crippen LogP contribution < -0.4 is 10.2 Å². The number of carbonyl (C=O) groups is 1. The molecule has 3 aliphatic rings. The third kappa shape index (κ3) is 4.44. The van der Waals surface area contributed by atoms with Gasteiger partial charge in [0.25, 0.3) is 0 Å². The second kappa shape index (κ2) is 9.30. The van der Waals surface area contributed by atoms with Crippen molar-refractivity contribution in [3.63, 3.8) is 0 Å². The molecule has 1 aliphatic carbocycles. The topological polar surface area (TPSA) is 59.4 Å². The number of aryl methyl sites for hydroxylation is 1. The number of imidazole rings is 1. The summed E-state index contributed by atoms with van der Waals surface area (Å²) in [4.78, 5) is 19.9. The van der Waals surface area contributed by atoms with Gasteiger partial charge >= 0.3 is 0 Å². The second-order valence-electron chi connectivity index (χ2n) is 10.7. The van der Waals surface area contributed by atoms with Gasteiger partial charge in [0.15, 0.2) is 0 Å². The number of piperidine rings is 1. The van der Waals surface area contributed by atoms with Gasteiger partial charge in [-0.3, -0.25) is 4.79 Å². The summed E-state index contributed by atoms with van der Waals surface area (Å²) in [7, 11) is 0. The van der Waals surface area contributed by atoms with Gasteiger partial charge < -0.3 is 19.5 Å². The number of hydrogen-bond acceptors (Lipinski definition) is 4. The Morgan fingerprint density at radius 2 is 1.86 bits per heavy atom. The first-order chi connectivity index (χ1) is 17.1. The van der Waals surface area contributed by atoms with E-state index in [-0.39, 0.29) is 11.9 Å². The molecule has 1 N–H and O–H groups in total. The van der Waals surface area contributed by atoms with E-state index in [0.717, 1.165) is 43.8 Å². The molecular formula is C29H36N4O2. The Bertz CT molecular complexity index is 1200. The van der Waals surface area contributed by atoms with Crippen molar-refractivity contribution in [2.24, 2.45) is 5.92 Å². The third-order valence-electron chi connectivity index (χ3n) is 8.12. The Morgan fingerprint density at radius 3 is 2.60 bits per heavy atom. The fourth-order valence-corrected chi connectivity index (χ4v) is 6.31. The average Bonchev–Trinajstić information content (AvgIpc) is 3.60. The average molecular weight is 473 g/mol. The Balaban J connectivity index is 1.24. The molecule has 2 saturated heterocycles. The summed E-state index contributed by atoms with van der Waals surface area (Å²) in [5.41, 5.74) is 4.76. The Morgan fingerprint density at radius 1 is 1.09 bits per heavy atom. The van der Waals surface area contributed by atoms with E-state index in [9.17, 15) is 4.79 Å². The Labute approximate surface area is 207 Å². The van der Waals surface area contributed by atoms with Crippen LogP contribution in [-0.4, -0.2) is 40.8 Å². The van der Waals surface area contributed by atoms with Crippen LogP contribution in [0.15, 0.2) is 48.5 Å². The molecule has 184 valence electrons. The van der Waals surface area contributed by atoms with Crippen molar-refractivity contribution in [3.8, 4) is 0 Å². The van der Waals surface area contributed by atoms with Crippen molar-refractivity contribution in [3.05, 3.63) is 59.9 Å². The fourth-order valence-electron chi connectivity index (χ4n) is 6.31. The normalized spacial score (nSPS) is 25.0. The Hall–Kier alpha value is -2.86. The molecule has 3 heterocycles. The molecule has 2 aromatic carbocycles. The molecule has 4 atom stereocenters. The van der Waals surface area contributed by atoms with Crippen LogP contribution in [0.4, 0.5) is 5.69 Å². The van der Waals surface area contributed by atoms with E-state index in [1.807, 2.05) is 0 Å². The number of para-hydroxylation sites is 2. The van der Waals surface area contributed by atoms with Crippen molar-refractivity contribution >= 4 is 22.6 Å². The first-order valence-corrected chi connectivity index (χ1v) is 13.3. The number of fused-ring (bicyclic) bond motifs is 3. The zero-order valence-corrected chi connectivity index (χ0v) is 20.8. The van der Waals surface area contributed by atoms with Gasteiger partial charge in [-0.05, 0) is 74.8 Å². The molecule has 2 aliphatic heterocycles. The van der Waals surface area contributed by atoms with Crippen LogP contribution in [0.25, 0.3) is 11.0 Å². The number of aromatic nitrogens is 2. The molecular weight excluding hydrogens is 436 g/mol. The van der Waals surface area contributed by atoms with Gasteiger partial charge in [0, 0.05) is 18.2 Å². The minimum absolute atomic E-state index is 0.0646. The SMILES string of the molecule is CC[C@H](NC(=O)CC1CC1)c1cccc(N2[C@@H]3COC[C@H]2C[C@@H](n2c(C)nc4ccccc42)C3)c1. The lowest BCUT2D eigenvalue weighted by atomic mass is 9.88. The summed E-state index contributed by atoms with van der Waals surface area (Å²) in [6, 6.07) is 18.5. The monoisotopic (exact) mass is 472 g/mol. The molecule has 35 heavy (non-hydrogen) atoms. The molecule has 1 saturated carbocycles. The maximum atomic E-state index is 12.5. The lowest BCUT2D eigenvalue weighted by Crippen LogP contribution is -2.57. The molecule has 3 fully saturated rings. The molecule has 6 rings (SSSR count). The van der Waals surface area contributed by atoms with Gasteiger partial charge in [-0.15, -0.1) is 0 Å². The molecule has 0 unspecified atom stereocenters. The molecule has 0 spiro atoms. The van der Waals surface area contributed by atoms with E-state index in [2.05, 4.69) is 77.2 Å². The Kier molecular flexibility index (Phi) is 6.01. The number of nitrogens with one attached hydrogen (secondary N) is 1. The zero-order chi connectivity index (χ0) is 23.9. The maximum absolute atomic E-state index is 12.5. The van der Waals surface area contributed by atoms with E-state index < -0.39 is 0 Å². The summed E-state index contributed by atoms with van der Waals surface area (Å²) in [6.07, 6.45) is 6.05. The van der Waals surface area contributed by atoms with Crippen LogP contribution >= 0.6 is 0 Å². The number of hydrogen-bond donors (Lipinski definition) is 1. The van der Waals surface area contributed by atoms with E-state index in [0.29, 0.717) is 30.5 Å². The molecule has 6 heteroatoms. The number of amides is 1. The van der Waals surface area contributed by atoms with Crippen molar-refractivity contribution in [2.45, 2.75) is 76.5 Å². The van der Waals surface area contributed by atoms with Gasteiger partial charge in [-0.25, -0.2) is 4.98 Å². The smallest absolute Gasteiger partial charge is 0.220 e. The number of rotatable bonds is 7. The number of anilines is 1. The van der Waals surface area contributed by atoms with Gasteiger partial charge in [-0.1, -0.05) is 31.2 Å². The predicted octanol–water partition coefficient (Wildman–Crippen LogP) is 5.32. The van der Waals surface area contributed by atoms with Gasteiger partial charge in [0.2, 0.25) is 5.91 Å². The number of morpholine rings is 1. The minimum atomic E-state index is 0.0646. The van der Waals surface area contributed by atoms with Gasteiger partial charge in [0.05, 0.1) is 42.4 Å². The van der Waals surface area contributed by atoms with Crippen LogP contribution in [0, 0.1) is 12.8 Å². The van der Waals surface area contributed by atoms with Crippen molar-refractivity contribution in [2.75, 3.05) is 18.1 Å². The maximum Gasteiger partial charge on any atom is 0.220 e. The summed E-state index contributed by atoms with van der Waals surface area (Å²) < 4.78 is 8.50. The van der Waals surface area contributed by atoms with E-state index in [4.69, 9.17) is 9.72 Å². The van der Waals surface area contributed by atoms with Crippen molar-refractivity contribution in [1.82, 2.24) is 14.9 Å². The van der Waals surface area contributed by atoms with Crippen LogP contribution in [-0.2, 0) is 9.53 Å². The number of carbonyl (C=O) groups excluding carboxylic acids is 1. The highest BCUT2D eigenvalue weighted by Crippen LogP contribution is 2.40. The van der Waals surface area contributed by atoms with Crippen LogP contribution in [0.1, 0.15) is 68.9 Å². The third-order valence-corrected chi connectivity index (χ3v) is 8.12. The largest absolute Gasteiger partial charge is 0.377 e. The van der Waals surface area contributed by atoms with Crippen LogP contribution in [0.5, 0.6) is 0 Å². The van der Waals surface area contributed by atoms with Crippen molar-refractivity contribution < 1.29 is 9.53 Å². The van der Waals surface area contributed by atoms with Crippen LogP contribution in [0.2, 0.25) is 0 Å². The minimum Gasteiger partial charge on any atom is -0.377 e. The highest BCUT2D eigenvalue weighted by atomic mass is 16.5. The summed E-state index contributed by atoms with van der Waals surface area (Å²) >= 11 is 0. The van der Waals surface area contributed by atoms with Gasteiger partial charge in [0.1, 0.15) is 5.82 Å². The fraction of sp³-hybridized carbons (Fsp3) is 0.517. The van der Waals surface area contributed by atoms with E-state index >= 15 is 0 Å². The summed E-state index contributed by atoms with van der Waals surface area (Å²) in [6.45, 7) is 5.78. The first-order valence-electron chi connectivity index (χ1n) is 13.3. The number of benzene rings is 2. The molecule has 0 radical (unpaired) electrons. The quantitative estimate of drug-likeness (QED) is 0.506. The predicted molar refractivity (Wildman–Crippen MR) is 139 cm³/mol. The highest BCUT2D eigenvalue weighted by molar-refractivity contribution is 5.77. The number of ether oxygens (including phenoxy) is 1. The van der Waals surface area contributed by atoms with E-state index in [1.165, 1.54) is 29.6 Å². The highest BCUT2D eigenvalue weighted by Gasteiger charge is 2.40. The second-order valence-corrected chi connectivity index (χ2v) is 10.7. The summed E-state index contributed by atoms with van der Waals surface area (Å²) in [5, 5.41) is 3.29. The molecule has 1 amide bonds. The summed E-state index contributed by atoms with van der Waals surface area (Å²) in [5.74, 6) is 1.90. The van der Waals surface area contributed by atoms with Gasteiger partial charge in [-0.2, -0.15) is 0 Å². The molecule has 2 bridgehead atoms. The van der Waals surface area contributed by atoms with Crippen molar-refractivity contribution in [1.29, 1.82) is 0 Å². The van der Waals surface area contributed by atoms with Crippen LogP contribution in [0.3, 0.4) is 0 Å².